The number of para-hydroxylation sites is 2. The molecule has 1 aromatic heterocycles. The Morgan fingerprint density at radius 3 is 2.40 bits per heavy atom. The summed E-state index contributed by atoms with van der Waals surface area (Å²) >= 11 is 0. The summed E-state index contributed by atoms with van der Waals surface area (Å²) in [7, 11) is 4.55. The number of ether oxygens (including phenoxy) is 4. The summed E-state index contributed by atoms with van der Waals surface area (Å²) in [6, 6.07) is 11.1. The number of amides is 1. The van der Waals surface area contributed by atoms with E-state index < -0.39 is 0 Å². The fraction of sp³-hybridized carbons (Fsp3) is 0.364. The molecule has 0 radical (unpaired) electrons. The molecule has 0 aliphatic rings. The van der Waals surface area contributed by atoms with Crippen molar-refractivity contribution in [2.45, 2.75) is 20.0 Å². The van der Waals surface area contributed by atoms with Crippen LogP contribution >= 0.6 is 0 Å². The summed E-state index contributed by atoms with van der Waals surface area (Å²) in [5, 5.41) is 2.93. The van der Waals surface area contributed by atoms with Crippen LogP contribution in [0.2, 0.25) is 0 Å². The summed E-state index contributed by atoms with van der Waals surface area (Å²) < 4.78 is 23.5. The summed E-state index contributed by atoms with van der Waals surface area (Å²) in [4.78, 5) is 17.5. The zero-order chi connectivity index (χ0) is 21.5. The van der Waals surface area contributed by atoms with Crippen molar-refractivity contribution in [2.75, 3.05) is 34.5 Å². The quantitative estimate of drug-likeness (QED) is 0.515. The van der Waals surface area contributed by atoms with Crippen LogP contribution in [-0.2, 0) is 17.8 Å². The van der Waals surface area contributed by atoms with Gasteiger partial charge in [-0.15, -0.1) is 0 Å². The molecule has 0 bridgehead atoms. The Balaban J connectivity index is 1.82. The smallest absolute Gasteiger partial charge is 0.251 e. The van der Waals surface area contributed by atoms with Crippen LogP contribution < -0.4 is 19.5 Å². The average molecular weight is 413 g/mol. The van der Waals surface area contributed by atoms with Crippen molar-refractivity contribution in [2.24, 2.45) is 0 Å². The minimum absolute atomic E-state index is 0.266. The molecule has 0 aliphatic carbocycles. The highest BCUT2D eigenvalue weighted by Crippen LogP contribution is 2.38. The number of carbonyl (C=O) groups is 1. The molecule has 160 valence electrons. The number of fused-ring (bicyclic) bond motifs is 1. The highest BCUT2D eigenvalue weighted by atomic mass is 16.5. The van der Waals surface area contributed by atoms with E-state index in [1.54, 1.807) is 12.1 Å². The average Bonchev–Trinajstić information content (AvgIpc) is 3.14. The molecule has 1 N–H and O–H groups in total. The molecule has 0 aliphatic heterocycles. The number of nitrogens with zero attached hydrogens (tertiary/aromatic N) is 2. The molecule has 1 amide bonds. The van der Waals surface area contributed by atoms with Crippen LogP contribution in [0, 0.1) is 0 Å². The minimum atomic E-state index is -0.266. The lowest BCUT2D eigenvalue weighted by Gasteiger charge is -2.14. The van der Waals surface area contributed by atoms with Crippen LogP contribution in [0.3, 0.4) is 0 Å². The van der Waals surface area contributed by atoms with Gasteiger partial charge in [-0.25, -0.2) is 4.98 Å². The Hall–Kier alpha value is -3.26. The molecule has 0 spiro atoms. The molecular weight excluding hydrogens is 386 g/mol. The van der Waals surface area contributed by atoms with Gasteiger partial charge in [0.25, 0.3) is 5.91 Å². The SMILES string of the molecule is CCOCCn1c(CNC(=O)c2cc(OC)c(OC)c(OC)c2)nc2ccccc21. The van der Waals surface area contributed by atoms with Crippen LogP contribution in [0.15, 0.2) is 36.4 Å². The van der Waals surface area contributed by atoms with Crippen molar-refractivity contribution < 1.29 is 23.7 Å². The van der Waals surface area contributed by atoms with E-state index in [2.05, 4.69) is 14.9 Å². The molecule has 30 heavy (non-hydrogen) atoms. The van der Waals surface area contributed by atoms with Gasteiger partial charge in [-0.3, -0.25) is 4.79 Å². The van der Waals surface area contributed by atoms with Crippen molar-refractivity contribution in [3.63, 3.8) is 0 Å². The second kappa shape index (κ2) is 9.98. The lowest BCUT2D eigenvalue weighted by molar-refractivity contribution is 0.0948. The van der Waals surface area contributed by atoms with E-state index in [1.165, 1.54) is 21.3 Å². The first-order chi connectivity index (χ1) is 14.6. The van der Waals surface area contributed by atoms with E-state index in [0.29, 0.717) is 42.6 Å². The molecule has 8 heteroatoms. The zero-order valence-corrected chi connectivity index (χ0v) is 17.7. The van der Waals surface area contributed by atoms with Gasteiger partial charge in [0.05, 0.1) is 45.5 Å². The Bertz CT molecular complexity index is 990. The van der Waals surface area contributed by atoms with Gasteiger partial charge < -0.3 is 28.8 Å². The molecule has 1 heterocycles. The first-order valence-corrected chi connectivity index (χ1v) is 9.73. The number of benzene rings is 2. The molecule has 0 fully saturated rings. The van der Waals surface area contributed by atoms with Gasteiger partial charge in [0.1, 0.15) is 5.82 Å². The molecule has 0 saturated heterocycles. The van der Waals surface area contributed by atoms with E-state index in [9.17, 15) is 4.79 Å². The van der Waals surface area contributed by atoms with Gasteiger partial charge >= 0.3 is 0 Å². The predicted octanol–water partition coefficient (Wildman–Crippen LogP) is 3.03. The van der Waals surface area contributed by atoms with Crippen LogP contribution in [0.4, 0.5) is 0 Å². The van der Waals surface area contributed by atoms with E-state index in [-0.39, 0.29) is 12.5 Å². The fourth-order valence-corrected chi connectivity index (χ4v) is 3.28. The van der Waals surface area contributed by atoms with Gasteiger partial charge in [0.15, 0.2) is 11.5 Å². The minimum Gasteiger partial charge on any atom is -0.493 e. The highest BCUT2D eigenvalue weighted by Gasteiger charge is 2.18. The first-order valence-electron chi connectivity index (χ1n) is 9.73. The van der Waals surface area contributed by atoms with Crippen molar-refractivity contribution >= 4 is 16.9 Å². The van der Waals surface area contributed by atoms with E-state index in [0.717, 1.165) is 16.9 Å². The molecule has 3 rings (SSSR count). The molecular formula is C22H27N3O5. The lowest BCUT2D eigenvalue weighted by Crippen LogP contribution is -2.25. The third-order valence-corrected chi connectivity index (χ3v) is 4.73. The number of hydrogen-bond acceptors (Lipinski definition) is 6. The normalized spacial score (nSPS) is 10.8. The van der Waals surface area contributed by atoms with Gasteiger partial charge in [-0.1, -0.05) is 12.1 Å². The number of nitrogens with one attached hydrogen (secondary N) is 1. The van der Waals surface area contributed by atoms with E-state index in [4.69, 9.17) is 18.9 Å². The first kappa shape index (κ1) is 21.4. The molecule has 0 atom stereocenters. The van der Waals surface area contributed by atoms with Crippen LogP contribution in [0.5, 0.6) is 17.2 Å². The van der Waals surface area contributed by atoms with Crippen molar-refractivity contribution in [3.05, 3.63) is 47.8 Å². The second-order valence-electron chi connectivity index (χ2n) is 6.46. The highest BCUT2D eigenvalue weighted by molar-refractivity contribution is 5.95. The van der Waals surface area contributed by atoms with E-state index >= 15 is 0 Å². The maximum absolute atomic E-state index is 12.8. The maximum Gasteiger partial charge on any atom is 0.251 e. The number of hydrogen-bond donors (Lipinski definition) is 1. The Morgan fingerprint density at radius 2 is 1.77 bits per heavy atom. The van der Waals surface area contributed by atoms with Gasteiger partial charge in [0.2, 0.25) is 5.75 Å². The summed E-state index contributed by atoms with van der Waals surface area (Å²) in [6.45, 7) is 4.12. The topological polar surface area (TPSA) is 83.8 Å². The Kier molecular flexibility index (Phi) is 7.13. The lowest BCUT2D eigenvalue weighted by atomic mass is 10.1. The zero-order valence-electron chi connectivity index (χ0n) is 17.7. The molecule has 8 nitrogen and oxygen atoms in total. The third-order valence-electron chi connectivity index (χ3n) is 4.73. The van der Waals surface area contributed by atoms with Crippen molar-refractivity contribution in [1.82, 2.24) is 14.9 Å². The second-order valence-corrected chi connectivity index (χ2v) is 6.46. The Morgan fingerprint density at radius 1 is 1.07 bits per heavy atom. The summed E-state index contributed by atoms with van der Waals surface area (Å²) in [6.07, 6.45) is 0. The van der Waals surface area contributed by atoms with Gasteiger partial charge in [0, 0.05) is 18.7 Å². The molecule has 0 unspecified atom stereocenters. The van der Waals surface area contributed by atoms with Gasteiger partial charge in [-0.2, -0.15) is 0 Å². The molecule has 3 aromatic rings. The number of methoxy groups -OCH3 is 3. The van der Waals surface area contributed by atoms with Crippen LogP contribution in [0.1, 0.15) is 23.1 Å². The van der Waals surface area contributed by atoms with Gasteiger partial charge in [-0.05, 0) is 31.2 Å². The standard InChI is InChI=1S/C22H27N3O5/c1-5-30-11-10-25-17-9-7-6-8-16(17)24-20(25)14-23-22(26)15-12-18(27-2)21(29-4)19(13-15)28-3/h6-9,12-13H,5,10-11,14H2,1-4H3,(H,23,26). The Labute approximate surface area is 175 Å². The van der Waals surface area contributed by atoms with Crippen molar-refractivity contribution in [1.29, 1.82) is 0 Å². The van der Waals surface area contributed by atoms with Crippen molar-refractivity contribution in [3.8, 4) is 17.2 Å². The number of carbonyl (C=O) groups excluding carboxylic acids is 1. The third kappa shape index (κ3) is 4.49. The monoisotopic (exact) mass is 413 g/mol. The summed E-state index contributed by atoms with van der Waals surface area (Å²) in [5.74, 6) is 1.78. The van der Waals surface area contributed by atoms with Crippen LogP contribution in [-0.4, -0.2) is 50.0 Å². The number of aromatic nitrogens is 2. The largest absolute Gasteiger partial charge is 0.493 e. The van der Waals surface area contributed by atoms with Crippen LogP contribution in [0.25, 0.3) is 11.0 Å². The van der Waals surface area contributed by atoms with E-state index in [1.807, 2.05) is 31.2 Å². The fourth-order valence-electron chi connectivity index (χ4n) is 3.28. The maximum atomic E-state index is 12.8. The molecule has 2 aromatic carbocycles. The molecule has 0 saturated carbocycles. The summed E-state index contributed by atoms with van der Waals surface area (Å²) in [5.41, 5.74) is 2.29. The number of imidazole rings is 1. The number of rotatable bonds is 10. The predicted molar refractivity (Wildman–Crippen MR) is 113 cm³/mol.